The molecule has 0 bridgehead atoms. The fraction of sp³-hybridized carbons (Fsp3) is 0.500. The molecule has 1 heterocycles. The molecule has 0 unspecified atom stereocenters. The summed E-state index contributed by atoms with van der Waals surface area (Å²) in [5.41, 5.74) is 0. The van der Waals surface area contributed by atoms with Crippen LogP contribution in [-0.2, 0) is 4.74 Å². The van der Waals surface area contributed by atoms with Gasteiger partial charge in [0.05, 0.1) is 6.10 Å². The van der Waals surface area contributed by atoms with Gasteiger partial charge in [0.2, 0.25) is 0 Å². The van der Waals surface area contributed by atoms with E-state index in [0.29, 0.717) is 16.5 Å². The van der Waals surface area contributed by atoms with Gasteiger partial charge in [-0.3, -0.25) is 4.79 Å². The topological polar surface area (TPSA) is 51.5 Å². The van der Waals surface area contributed by atoms with Crippen molar-refractivity contribution in [3.05, 3.63) is 22.6 Å². The number of carbonyl (C=O) groups is 1. The molecule has 0 atom stereocenters. The van der Waals surface area contributed by atoms with Crippen molar-refractivity contribution in [2.24, 2.45) is 0 Å². The van der Waals surface area contributed by atoms with Crippen LogP contribution in [0.1, 0.15) is 23.4 Å². The number of carbonyl (C=O) groups excluding carboxylic acids is 1. The summed E-state index contributed by atoms with van der Waals surface area (Å²) < 4.78 is 10.8. The van der Waals surface area contributed by atoms with Crippen LogP contribution in [0, 0.1) is 0 Å². The number of nitrogens with one attached hydrogen (secondary N) is 1. The van der Waals surface area contributed by atoms with Gasteiger partial charge in [-0.15, -0.1) is 0 Å². The van der Waals surface area contributed by atoms with Gasteiger partial charge in [0.15, 0.2) is 10.4 Å². The molecule has 1 aliphatic rings. The van der Waals surface area contributed by atoms with E-state index < -0.39 is 0 Å². The molecule has 1 aliphatic carbocycles. The maximum atomic E-state index is 11.6. The number of methoxy groups -OCH3 is 1. The lowest BCUT2D eigenvalue weighted by Gasteiger charge is -2.34. The minimum atomic E-state index is -0.166. The maximum Gasteiger partial charge on any atom is 0.287 e. The number of rotatable bonds is 3. The van der Waals surface area contributed by atoms with E-state index in [-0.39, 0.29) is 11.9 Å². The first-order valence-electron chi connectivity index (χ1n) is 4.78. The van der Waals surface area contributed by atoms with Crippen LogP contribution in [0.25, 0.3) is 0 Å². The maximum absolute atomic E-state index is 11.6. The lowest BCUT2D eigenvalue weighted by Crippen LogP contribution is -2.47. The molecule has 0 aromatic carbocycles. The van der Waals surface area contributed by atoms with Gasteiger partial charge in [-0.1, -0.05) is 0 Å². The number of hydrogen-bond donors (Lipinski definition) is 1. The van der Waals surface area contributed by atoms with Crippen molar-refractivity contribution in [3.8, 4) is 0 Å². The Morgan fingerprint density at radius 3 is 2.87 bits per heavy atom. The Kier molecular flexibility index (Phi) is 3.11. The third-order valence-electron chi connectivity index (χ3n) is 2.56. The van der Waals surface area contributed by atoms with Crippen molar-refractivity contribution in [3.63, 3.8) is 0 Å². The van der Waals surface area contributed by atoms with E-state index in [0.717, 1.165) is 12.8 Å². The zero-order valence-electron chi connectivity index (χ0n) is 8.33. The van der Waals surface area contributed by atoms with Gasteiger partial charge in [-0.05, 0) is 40.9 Å². The van der Waals surface area contributed by atoms with Gasteiger partial charge in [0, 0.05) is 13.2 Å². The largest absolute Gasteiger partial charge is 0.444 e. The summed E-state index contributed by atoms with van der Waals surface area (Å²) in [7, 11) is 1.69. The SMILES string of the molecule is COC1CC(NC(=O)c2ccc(Br)o2)C1. The third-order valence-corrected chi connectivity index (χ3v) is 2.99. The fourth-order valence-electron chi connectivity index (χ4n) is 1.57. The van der Waals surface area contributed by atoms with Crippen molar-refractivity contribution in [2.45, 2.75) is 25.0 Å². The molecule has 2 rings (SSSR count). The molecule has 0 spiro atoms. The van der Waals surface area contributed by atoms with Crippen molar-refractivity contribution in [2.75, 3.05) is 7.11 Å². The first-order valence-corrected chi connectivity index (χ1v) is 5.57. The summed E-state index contributed by atoms with van der Waals surface area (Å²) in [4.78, 5) is 11.6. The van der Waals surface area contributed by atoms with Crippen LogP contribution in [0.4, 0.5) is 0 Å². The molecule has 0 radical (unpaired) electrons. The second-order valence-corrected chi connectivity index (χ2v) is 4.38. The van der Waals surface area contributed by atoms with Crippen LogP contribution in [0.2, 0.25) is 0 Å². The first kappa shape index (κ1) is 10.7. The Labute approximate surface area is 96.1 Å². The second kappa shape index (κ2) is 4.37. The van der Waals surface area contributed by atoms with Crippen molar-refractivity contribution in [1.29, 1.82) is 0 Å². The van der Waals surface area contributed by atoms with Gasteiger partial charge >= 0.3 is 0 Å². The van der Waals surface area contributed by atoms with Gasteiger partial charge in [0.1, 0.15) is 0 Å². The quantitative estimate of drug-likeness (QED) is 0.916. The van der Waals surface area contributed by atoms with Gasteiger partial charge < -0.3 is 14.5 Å². The highest BCUT2D eigenvalue weighted by atomic mass is 79.9. The molecule has 0 aliphatic heterocycles. The number of amides is 1. The standard InChI is InChI=1S/C10H12BrNO3/c1-14-7-4-6(5-7)12-10(13)8-2-3-9(11)15-8/h2-3,6-7H,4-5H2,1H3,(H,12,13). The summed E-state index contributed by atoms with van der Waals surface area (Å²) in [6.07, 6.45) is 2.05. The van der Waals surface area contributed by atoms with E-state index in [4.69, 9.17) is 9.15 Å². The Morgan fingerprint density at radius 1 is 1.60 bits per heavy atom. The van der Waals surface area contributed by atoms with Crippen LogP contribution in [0.3, 0.4) is 0 Å². The summed E-state index contributed by atoms with van der Waals surface area (Å²) >= 11 is 3.15. The zero-order valence-corrected chi connectivity index (χ0v) is 9.91. The molecule has 1 N–H and O–H groups in total. The Hall–Kier alpha value is -0.810. The highest BCUT2D eigenvalue weighted by molar-refractivity contribution is 9.10. The average molecular weight is 274 g/mol. The van der Waals surface area contributed by atoms with Crippen LogP contribution >= 0.6 is 15.9 Å². The molecule has 15 heavy (non-hydrogen) atoms. The Morgan fingerprint density at radius 2 is 2.33 bits per heavy atom. The minimum absolute atomic E-state index is 0.166. The van der Waals surface area contributed by atoms with E-state index >= 15 is 0 Å². The molecule has 1 aromatic heterocycles. The van der Waals surface area contributed by atoms with Crippen molar-refractivity contribution < 1.29 is 13.9 Å². The summed E-state index contributed by atoms with van der Waals surface area (Å²) in [5, 5.41) is 2.88. The average Bonchev–Trinajstić information content (AvgIpc) is 2.57. The van der Waals surface area contributed by atoms with Gasteiger partial charge in [-0.25, -0.2) is 0 Å². The predicted octanol–water partition coefficient (Wildman–Crippen LogP) is 1.95. The van der Waals surface area contributed by atoms with E-state index in [9.17, 15) is 4.79 Å². The van der Waals surface area contributed by atoms with Gasteiger partial charge in [0.25, 0.3) is 5.91 Å². The lowest BCUT2D eigenvalue weighted by molar-refractivity contribution is 0.0172. The second-order valence-electron chi connectivity index (χ2n) is 3.60. The molecule has 0 saturated heterocycles. The number of hydrogen-bond acceptors (Lipinski definition) is 3. The Balaban J connectivity index is 1.84. The van der Waals surface area contributed by atoms with E-state index in [1.54, 1.807) is 19.2 Å². The number of halogens is 1. The van der Waals surface area contributed by atoms with Crippen LogP contribution < -0.4 is 5.32 Å². The summed E-state index contributed by atoms with van der Waals surface area (Å²) in [5.74, 6) is 0.169. The van der Waals surface area contributed by atoms with Crippen LogP contribution in [0.15, 0.2) is 21.2 Å². The smallest absolute Gasteiger partial charge is 0.287 e. The minimum Gasteiger partial charge on any atom is -0.444 e. The van der Waals surface area contributed by atoms with Crippen molar-refractivity contribution in [1.82, 2.24) is 5.32 Å². The summed E-state index contributed by atoms with van der Waals surface area (Å²) in [6.45, 7) is 0. The molecule has 82 valence electrons. The molecule has 1 amide bonds. The van der Waals surface area contributed by atoms with Gasteiger partial charge in [-0.2, -0.15) is 0 Å². The normalized spacial score (nSPS) is 24.7. The summed E-state index contributed by atoms with van der Waals surface area (Å²) in [6, 6.07) is 3.56. The predicted molar refractivity (Wildman–Crippen MR) is 57.7 cm³/mol. The van der Waals surface area contributed by atoms with E-state index in [1.807, 2.05) is 0 Å². The molecule has 5 heteroatoms. The molecular weight excluding hydrogens is 262 g/mol. The van der Waals surface area contributed by atoms with Crippen LogP contribution in [0.5, 0.6) is 0 Å². The third kappa shape index (κ3) is 2.41. The lowest BCUT2D eigenvalue weighted by atomic mass is 9.89. The van der Waals surface area contributed by atoms with Crippen molar-refractivity contribution >= 4 is 21.8 Å². The molecular formula is C10H12BrNO3. The Bertz CT molecular complexity index is 357. The molecule has 1 aromatic rings. The molecule has 4 nitrogen and oxygen atoms in total. The molecule has 1 fully saturated rings. The van der Waals surface area contributed by atoms with E-state index in [1.165, 1.54) is 0 Å². The number of ether oxygens (including phenoxy) is 1. The zero-order chi connectivity index (χ0) is 10.8. The van der Waals surface area contributed by atoms with Crippen LogP contribution in [-0.4, -0.2) is 25.2 Å². The monoisotopic (exact) mass is 273 g/mol. The molecule has 1 saturated carbocycles. The van der Waals surface area contributed by atoms with E-state index in [2.05, 4.69) is 21.2 Å². The number of furan rings is 1. The highest BCUT2D eigenvalue weighted by Crippen LogP contribution is 2.23. The first-order chi connectivity index (χ1) is 7.19. The fourth-order valence-corrected chi connectivity index (χ4v) is 1.88. The highest BCUT2D eigenvalue weighted by Gasteiger charge is 2.30.